The molecule has 0 aliphatic heterocycles. The lowest BCUT2D eigenvalue weighted by molar-refractivity contribution is -0.140. The zero-order valence-corrected chi connectivity index (χ0v) is 28.3. The first-order valence-electron chi connectivity index (χ1n) is 14.9. The summed E-state index contributed by atoms with van der Waals surface area (Å²) < 4.78 is 35.0. The van der Waals surface area contributed by atoms with Gasteiger partial charge in [-0.2, -0.15) is 0 Å². The van der Waals surface area contributed by atoms with Crippen molar-refractivity contribution >= 4 is 39.1 Å². The number of hydrogen-bond donors (Lipinski definition) is 1. The van der Waals surface area contributed by atoms with Crippen molar-refractivity contribution in [1.82, 2.24) is 10.2 Å². The number of amides is 2. The fraction of sp³-hybridized carbons (Fsp3) is 0.278. The Labute approximate surface area is 277 Å². The Hall–Kier alpha value is -4.34. The average Bonchev–Trinajstić information content (AvgIpc) is 3.01. The predicted molar refractivity (Wildman–Crippen MR) is 183 cm³/mol. The monoisotopic (exact) mass is 661 g/mol. The molecule has 0 radical (unpaired) electrons. The third-order valence-corrected chi connectivity index (χ3v) is 9.23. The summed E-state index contributed by atoms with van der Waals surface area (Å²) in [5, 5.41) is 3.30. The Bertz CT molecular complexity index is 1760. The van der Waals surface area contributed by atoms with Crippen molar-refractivity contribution in [3.8, 4) is 5.75 Å². The van der Waals surface area contributed by atoms with Crippen LogP contribution in [0.3, 0.4) is 0 Å². The highest BCUT2D eigenvalue weighted by molar-refractivity contribution is 7.92. The topological polar surface area (TPSA) is 96.0 Å². The fourth-order valence-corrected chi connectivity index (χ4v) is 6.71. The van der Waals surface area contributed by atoms with Crippen LogP contribution in [0.1, 0.15) is 37.5 Å². The summed E-state index contributed by atoms with van der Waals surface area (Å²) in [6.07, 6.45) is 0.215. The molecule has 0 fully saturated rings. The molecule has 1 N–H and O–H groups in total. The van der Waals surface area contributed by atoms with Crippen LogP contribution < -0.4 is 14.4 Å². The number of methoxy groups -OCH3 is 1. The van der Waals surface area contributed by atoms with Crippen LogP contribution in [0.15, 0.2) is 108 Å². The number of hydrogen-bond acceptors (Lipinski definition) is 5. The lowest BCUT2D eigenvalue weighted by Crippen LogP contribution is -2.56. The van der Waals surface area contributed by atoms with Crippen LogP contribution in [0.4, 0.5) is 5.69 Å². The SMILES string of the molecule is COc1ccc(Cl)cc1N(CC(=O)N(Cc1cccc(C)c1)C(Cc1ccccc1)C(=O)NC(C)(C)C)S(=O)(=O)c1ccccc1. The van der Waals surface area contributed by atoms with Crippen LogP contribution in [0.2, 0.25) is 5.02 Å². The fourth-order valence-electron chi connectivity index (χ4n) is 5.11. The minimum absolute atomic E-state index is 0.0126. The highest BCUT2D eigenvalue weighted by Gasteiger charge is 2.36. The summed E-state index contributed by atoms with van der Waals surface area (Å²) >= 11 is 6.35. The smallest absolute Gasteiger partial charge is 0.264 e. The first-order valence-corrected chi connectivity index (χ1v) is 16.7. The van der Waals surface area contributed by atoms with Crippen molar-refractivity contribution in [3.63, 3.8) is 0 Å². The van der Waals surface area contributed by atoms with Gasteiger partial charge >= 0.3 is 0 Å². The number of carbonyl (C=O) groups is 2. The summed E-state index contributed by atoms with van der Waals surface area (Å²) in [6, 6.07) is 28.6. The van der Waals surface area contributed by atoms with Gasteiger partial charge < -0.3 is 15.0 Å². The maximum atomic E-state index is 14.6. The summed E-state index contributed by atoms with van der Waals surface area (Å²) in [5.74, 6) is -0.712. The van der Waals surface area contributed by atoms with Gasteiger partial charge in [0.15, 0.2) is 0 Å². The van der Waals surface area contributed by atoms with Gasteiger partial charge in [-0.3, -0.25) is 13.9 Å². The third kappa shape index (κ3) is 8.89. The van der Waals surface area contributed by atoms with Crippen LogP contribution in [0.25, 0.3) is 0 Å². The number of nitrogens with one attached hydrogen (secondary N) is 1. The van der Waals surface area contributed by atoms with Crippen LogP contribution >= 0.6 is 11.6 Å². The van der Waals surface area contributed by atoms with Crippen molar-refractivity contribution in [2.75, 3.05) is 18.0 Å². The Morgan fingerprint density at radius 1 is 0.870 bits per heavy atom. The molecule has 8 nitrogen and oxygen atoms in total. The Morgan fingerprint density at radius 2 is 1.50 bits per heavy atom. The summed E-state index contributed by atoms with van der Waals surface area (Å²) in [4.78, 5) is 30.1. The maximum Gasteiger partial charge on any atom is 0.264 e. The number of carbonyl (C=O) groups excluding carboxylic acids is 2. The number of anilines is 1. The molecular weight excluding hydrogens is 622 g/mol. The molecule has 4 rings (SSSR count). The van der Waals surface area contributed by atoms with Crippen LogP contribution in [0.5, 0.6) is 5.75 Å². The molecule has 4 aromatic carbocycles. The van der Waals surface area contributed by atoms with Crippen molar-refractivity contribution in [2.24, 2.45) is 0 Å². The molecule has 46 heavy (non-hydrogen) atoms. The molecule has 242 valence electrons. The number of halogens is 1. The van der Waals surface area contributed by atoms with Crippen molar-refractivity contribution in [1.29, 1.82) is 0 Å². The lowest BCUT2D eigenvalue weighted by atomic mass is 10.0. The molecule has 2 amide bonds. The molecule has 4 aromatic rings. The quantitative estimate of drug-likeness (QED) is 0.189. The van der Waals surface area contributed by atoms with E-state index in [2.05, 4.69) is 5.32 Å². The van der Waals surface area contributed by atoms with Crippen LogP contribution in [-0.2, 0) is 32.6 Å². The Morgan fingerprint density at radius 3 is 2.11 bits per heavy atom. The number of nitrogens with zero attached hydrogens (tertiary/aromatic N) is 2. The van der Waals surface area contributed by atoms with Gasteiger partial charge in [-0.1, -0.05) is 90.0 Å². The average molecular weight is 662 g/mol. The number of rotatable bonds is 12. The van der Waals surface area contributed by atoms with Crippen molar-refractivity contribution in [3.05, 3.63) is 125 Å². The summed E-state index contributed by atoms with van der Waals surface area (Å²) in [6.45, 7) is 7.02. The summed E-state index contributed by atoms with van der Waals surface area (Å²) in [5.41, 5.74) is 2.15. The van der Waals surface area contributed by atoms with Gasteiger partial charge in [-0.25, -0.2) is 8.42 Å². The van der Waals surface area contributed by atoms with Crippen LogP contribution in [0, 0.1) is 6.92 Å². The molecule has 0 aliphatic carbocycles. The van der Waals surface area contributed by atoms with E-state index in [9.17, 15) is 18.0 Å². The molecule has 0 spiro atoms. The van der Waals surface area contributed by atoms with Gasteiger partial charge in [0, 0.05) is 23.5 Å². The second-order valence-corrected chi connectivity index (χ2v) is 14.4. The first-order chi connectivity index (χ1) is 21.8. The summed E-state index contributed by atoms with van der Waals surface area (Å²) in [7, 11) is -2.88. The van der Waals surface area contributed by atoms with E-state index in [-0.39, 0.29) is 40.2 Å². The minimum Gasteiger partial charge on any atom is -0.495 e. The molecule has 10 heteroatoms. The molecule has 1 unspecified atom stereocenters. The minimum atomic E-state index is -4.30. The molecule has 1 atom stereocenters. The van der Waals surface area contributed by atoms with E-state index < -0.39 is 34.1 Å². The van der Waals surface area contributed by atoms with Gasteiger partial charge in [0.2, 0.25) is 11.8 Å². The van der Waals surface area contributed by atoms with E-state index in [1.807, 2.05) is 82.3 Å². The Balaban J connectivity index is 1.86. The van der Waals surface area contributed by atoms with Gasteiger partial charge in [0.25, 0.3) is 10.0 Å². The van der Waals surface area contributed by atoms with E-state index in [0.717, 1.165) is 21.0 Å². The van der Waals surface area contributed by atoms with Crippen molar-refractivity contribution in [2.45, 2.75) is 57.1 Å². The first kappa shape index (κ1) is 34.5. The Kier molecular flexibility index (Phi) is 11.1. The highest BCUT2D eigenvalue weighted by atomic mass is 35.5. The largest absolute Gasteiger partial charge is 0.495 e. The van der Waals surface area contributed by atoms with Crippen molar-refractivity contribution < 1.29 is 22.7 Å². The van der Waals surface area contributed by atoms with E-state index in [4.69, 9.17) is 16.3 Å². The van der Waals surface area contributed by atoms with Gasteiger partial charge in [-0.15, -0.1) is 0 Å². The second kappa shape index (κ2) is 14.8. The number of ether oxygens (including phenoxy) is 1. The predicted octanol–water partition coefficient (Wildman–Crippen LogP) is 6.41. The standard InChI is InChI=1S/C36H40ClN3O5S/c1-26-13-12-16-28(21-26)24-39(32(35(42)38-36(2,3)4)22-27-14-8-6-9-15-27)34(41)25-40(31-23-29(37)19-20-33(31)45-5)46(43,44)30-17-10-7-11-18-30/h6-21,23,32H,22,24-25H2,1-5H3,(H,38,42). The zero-order valence-electron chi connectivity index (χ0n) is 26.7. The number of sulfonamides is 1. The third-order valence-electron chi connectivity index (χ3n) is 7.22. The van der Waals surface area contributed by atoms with Crippen LogP contribution in [-0.4, -0.2) is 50.4 Å². The van der Waals surface area contributed by atoms with Gasteiger partial charge in [-0.05, 0) is 69.2 Å². The molecule has 0 bridgehead atoms. The number of aryl methyl sites for hydroxylation is 1. The molecule has 0 saturated heterocycles. The van der Waals surface area contributed by atoms with E-state index >= 15 is 0 Å². The molecule has 0 saturated carbocycles. The molecular formula is C36H40ClN3O5S. The number of benzene rings is 4. The van der Waals surface area contributed by atoms with E-state index in [1.165, 1.54) is 30.2 Å². The zero-order chi connectivity index (χ0) is 33.5. The molecule has 0 heterocycles. The van der Waals surface area contributed by atoms with Gasteiger partial charge in [0.05, 0.1) is 17.7 Å². The molecule has 0 aliphatic rings. The lowest BCUT2D eigenvalue weighted by Gasteiger charge is -2.35. The van der Waals surface area contributed by atoms with E-state index in [1.54, 1.807) is 30.3 Å². The van der Waals surface area contributed by atoms with E-state index in [0.29, 0.717) is 0 Å². The van der Waals surface area contributed by atoms with Gasteiger partial charge in [0.1, 0.15) is 18.3 Å². The highest BCUT2D eigenvalue weighted by Crippen LogP contribution is 2.35. The normalized spacial score (nSPS) is 12.2. The maximum absolute atomic E-state index is 14.6. The second-order valence-electron chi connectivity index (χ2n) is 12.1. The molecule has 0 aromatic heterocycles.